The van der Waals surface area contributed by atoms with Gasteiger partial charge in [-0.1, -0.05) is 30.9 Å². The lowest BCUT2D eigenvalue weighted by atomic mass is 10.0. The maximum atomic E-state index is 5.84. The van der Waals surface area contributed by atoms with Crippen LogP contribution in [0, 0.1) is 0 Å². The van der Waals surface area contributed by atoms with Crippen molar-refractivity contribution in [3.05, 3.63) is 36.5 Å². The number of hydrogen-bond acceptors (Lipinski definition) is 1. The largest absolute Gasteiger partial charge is 0.324 e. The Kier molecular flexibility index (Phi) is 3.12. The van der Waals surface area contributed by atoms with Crippen molar-refractivity contribution in [3.63, 3.8) is 0 Å². The summed E-state index contributed by atoms with van der Waals surface area (Å²) in [5.41, 5.74) is 6.88. The Morgan fingerprint density at radius 3 is 3.09 bits per heavy atom. The van der Waals surface area contributed by atoms with E-state index in [9.17, 15) is 0 Å². The molecule has 1 aliphatic carbocycles. The van der Waals surface area contributed by atoms with Gasteiger partial charge in [0, 0.05) is 6.04 Å². The number of nitrogens with two attached hydrogens (primary N) is 1. The minimum absolute atomic E-state index is 0.158. The topological polar surface area (TPSA) is 26.0 Å². The summed E-state index contributed by atoms with van der Waals surface area (Å²) >= 11 is 0. The van der Waals surface area contributed by atoms with Crippen LogP contribution in [-0.2, 0) is 0 Å². The molecule has 0 saturated carbocycles. The Hall–Kier alpha value is -0.820. The minimum Gasteiger partial charge on any atom is -0.324 e. The van der Waals surface area contributed by atoms with E-state index in [1.165, 1.54) is 6.42 Å². The van der Waals surface area contributed by atoms with Gasteiger partial charge in [0.05, 0.1) is 0 Å². The molecule has 0 amide bonds. The number of hydrogen-bond donors (Lipinski definition) is 1. The average Bonchev–Trinajstić information content (AvgIpc) is 2.07. The molecule has 0 aliphatic heterocycles. The van der Waals surface area contributed by atoms with Gasteiger partial charge in [0.2, 0.25) is 0 Å². The van der Waals surface area contributed by atoms with Crippen molar-refractivity contribution in [2.75, 3.05) is 0 Å². The van der Waals surface area contributed by atoms with Gasteiger partial charge in [0.15, 0.2) is 0 Å². The van der Waals surface area contributed by atoms with Crippen LogP contribution in [0.25, 0.3) is 0 Å². The molecule has 0 radical (unpaired) electrons. The Morgan fingerprint density at radius 2 is 2.27 bits per heavy atom. The Labute approximate surface area is 68.3 Å². The molecular formula is C10H15N. The van der Waals surface area contributed by atoms with Crippen LogP contribution < -0.4 is 5.73 Å². The molecule has 1 nitrogen and oxygen atoms in total. The van der Waals surface area contributed by atoms with Crippen molar-refractivity contribution in [2.24, 2.45) is 5.73 Å². The Morgan fingerprint density at radius 1 is 1.45 bits per heavy atom. The van der Waals surface area contributed by atoms with Crippen molar-refractivity contribution in [2.45, 2.75) is 25.3 Å². The molecule has 1 heteroatoms. The fraction of sp³-hybridized carbons (Fsp3) is 0.400. The third kappa shape index (κ3) is 2.72. The van der Waals surface area contributed by atoms with Crippen LogP contribution in [0.1, 0.15) is 19.3 Å². The smallest absolute Gasteiger partial charge is 0.0289 e. The SMILES string of the molecule is C=C1/C=C\C=C/CCCC1N. The van der Waals surface area contributed by atoms with Crippen LogP contribution in [-0.4, -0.2) is 6.04 Å². The van der Waals surface area contributed by atoms with Crippen LogP contribution in [0.3, 0.4) is 0 Å². The first-order valence-electron chi connectivity index (χ1n) is 4.08. The number of allylic oxidation sites excluding steroid dienone is 3. The van der Waals surface area contributed by atoms with Crippen LogP contribution in [0.2, 0.25) is 0 Å². The lowest BCUT2D eigenvalue weighted by Gasteiger charge is -2.09. The van der Waals surface area contributed by atoms with Gasteiger partial charge in [-0.2, -0.15) is 0 Å². The molecule has 0 aromatic heterocycles. The maximum Gasteiger partial charge on any atom is 0.0289 e. The summed E-state index contributed by atoms with van der Waals surface area (Å²) in [5, 5.41) is 0. The summed E-state index contributed by atoms with van der Waals surface area (Å²) in [4.78, 5) is 0. The van der Waals surface area contributed by atoms with Gasteiger partial charge in [-0.25, -0.2) is 0 Å². The molecule has 0 fully saturated rings. The lowest BCUT2D eigenvalue weighted by Crippen LogP contribution is -2.20. The van der Waals surface area contributed by atoms with Crippen LogP contribution in [0.4, 0.5) is 0 Å². The third-order valence-corrected chi connectivity index (χ3v) is 1.92. The monoisotopic (exact) mass is 149 g/mol. The molecule has 0 heterocycles. The molecule has 0 bridgehead atoms. The molecule has 2 N–H and O–H groups in total. The highest BCUT2D eigenvalue weighted by molar-refractivity contribution is 5.24. The molecule has 60 valence electrons. The maximum absolute atomic E-state index is 5.84. The zero-order valence-electron chi connectivity index (χ0n) is 6.79. The van der Waals surface area contributed by atoms with Crippen molar-refractivity contribution in [1.82, 2.24) is 0 Å². The van der Waals surface area contributed by atoms with Crippen LogP contribution in [0.15, 0.2) is 36.5 Å². The predicted molar refractivity (Wildman–Crippen MR) is 49.2 cm³/mol. The van der Waals surface area contributed by atoms with E-state index in [2.05, 4.69) is 18.7 Å². The van der Waals surface area contributed by atoms with Gasteiger partial charge in [0.1, 0.15) is 0 Å². The van der Waals surface area contributed by atoms with E-state index >= 15 is 0 Å². The first-order chi connectivity index (χ1) is 5.30. The molecule has 0 saturated heterocycles. The zero-order chi connectivity index (χ0) is 8.10. The van der Waals surface area contributed by atoms with E-state index in [4.69, 9.17) is 5.73 Å². The second kappa shape index (κ2) is 4.14. The van der Waals surface area contributed by atoms with Gasteiger partial charge in [0.25, 0.3) is 0 Å². The van der Waals surface area contributed by atoms with Gasteiger partial charge < -0.3 is 5.73 Å². The molecule has 1 atom stereocenters. The van der Waals surface area contributed by atoms with E-state index in [-0.39, 0.29) is 6.04 Å². The second-order valence-electron chi connectivity index (χ2n) is 2.90. The summed E-state index contributed by atoms with van der Waals surface area (Å²) in [6.45, 7) is 3.89. The van der Waals surface area contributed by atoms with Crippen molar-refractivity contribution >= 4 is 0 Å². The standard InChI is InChI=1S/C10H15N/c1-9-7-5-3-2-4-6-8-10(9)11/h2-3,5,7,10H,1,4,6,8,11H2/b3-2-,7-5-. The van der Waals surface area contributed by atoms with E-state index in [1.54, 1.807) is 0 Å². The van der Waals surface area contributed by atoms with Crippen molar-refractivity contribution < 1.29 is 0 Å². The Balaban J connectivity index is 2.59. The quantitative estimate of drug-likeness (QED) is 0.561. The first-order valence-corrected chi connectivity index (χ1v) is 4.08. The summed E-state index contributed by atoms with van der Waals surface area (Å²) < 4.78 is 0. The van der Waals surface area contributed by atoms with E-state index < -0.39 is 0 Å². The van der Waals surface area contributed by atoms with E-state index in [0.29, 0.717) is 0 Å². The van der Waals surface area contributed by atoms with E-state index in [1.807, 2.05) is 12.2 Å². The molecule has 1 rings (SSSR count). The fourth-order valence-electron chi connectivity index (χ4n) is 1.12. The van der Waals surface area contributed by atoms with Crippen LogP contribution >= 0.6 is 0 Å². The van der Waals surface area contributed by atoms with Crippen LogP contribution in [0.5, 0.6) is 0 Å². The van der Waals surface area contributed by atoms with Crippen molar-refractivity contribution in [1.29, 1.82) is 0 Å². The van der Waals surface area contributed by atoms with E-state index in [0.717, 1.165) is 18.4 Å². The molecule has 0 spiro atoms. The molecule has 0 aromatic carbocycles. The van der Waals surface area contributed by atoms with Gasteiger partial charge in [-0.3, -0.25) is 0 Å². The predicted octanol–water partition coefficient (Wildman–Crippen LogP) is 2.17. The highest BCUT2D eigenvalue weighted by Crippen LogP contribution is 2.10. The highest BCUT2D eigenvalue weighted by Gasteiger charge is 2.03. The summed E-state index contributed by atoms with van der Waals surface area (Å²) in [6, 6.07) is 0.158. The molecule has 1 unspecified atom stereocenters. The normalized spacial score (nSPS) is 31.7. The Bertz CT molecular complexity index is 189. The minimum atomic E-state index is 0.158. The van der Waals surface area contributed by atoms with Crippen molar-refractivity contribution in [3.8, 4) is 0 Å². The molecule has 0 aromatic rings. The highest BCUT2D eigenvalue weighted by atomic mass is 14.6. The summed E-state index contributed by atoms with van der Waals surface area (Å²) in [5.74, 6) is 0. The molecule has 11 heavy (non-hydrogen) atoms. The first kappa shape index (κ1) is 8.28. The molecular weight excluding hydrogens is 134 g/mol. The zero-order valence-corrected chi connectivity index (χ0v) is 6.79. The number of rotatable bonds is 0. The van der Waals surface area contributed by atoms with Gasteiger partial charge in [-0.15, -0.1) is 0 Å². The van der Waals surface area contributed by atoms with Gasteiger partial charge in [-0.05, 0) is 24.8 Å². The average molecular weight is 149 g/mol. The lowest BCUT2D eigenvalue weighted by molar-refractivity contribution is 0.661. The fourth-order valence-corrected chi connectivity index (χ4v) is 1.12. The summed E-state index contributed by atoms with van der Waals surface area (Å²) in [7, 11) is 0. The second-order valence-corrected chi connectivity index (χ2v) is 2.90. The summed E-state index contributed by atoms with van der Waals surface area (Å²) in [6.07, 6.45) is 11.6. The molecule has 1 aliphatic rings. The van der Waals surface area contributed by atoms with Gasteiger partial charge >= 0.3 is 0 Å². The third-order valence-electron chi connectivity index (χ3n) is 1.92.